The van der Waals surface area contributed by atoms with E-state index in [1.165, 1.54) is 5.56 Å². The van der Waals surface area contributed by atoms with Gasteiger partial charge < -0.3 is 5.32 Å². The van der Waals surface area contributed by atoms with Crippen molar-refractivity contribution < 1.29 is 4.79 Å². The van der Waals surface area contributed by atoms with Gasteiger partial charge in [-0.25, -0.2) is 4.98 Å². The molecule has 1 amide bonds. The number of aromatic nitrogens is 3. The third kappa shape index (κ3) is 3.10. The van der Waals surface area contributed by atoms with Gasteiger partial charge in [0.15, 0.2) is 5.65 Å². The van der Waals surface area contributed by atoms with Crippen LogP contribution in [0.5, 0.6) is 0 Å². The maximum atomic E-state index is 13.3. The fourth-order valence-corrected chi connectivity index (χ4v) is 4.42. The molecular formula is C22H22N4OS. The van der Waals surface area contributed by atoms with Crippen molar-refractivity contribution >= 4 is 34.0 Å². The third-order valence-electron chi connectivity index (χ3n) is 4.90. The van der Waals surface area contributed by atoms with Gasteiger partial charge in [0.1, 0.15) is 0 Å². The minimum Gasteiger partial charge on any atom is -0.321 e. The fourth-order valence-electron chi connectivity index (χ4n) is 3.73. The number of amides is 1. The van der Waals surface area contributed by atoms with Crippen molar-refractivity contribution in [2.75, 3.05) is 5.32 Å². The van der Waals surface area contributed by atoms with Crippen molar-refractivity contribution in [3.63, 3.8) is 0 Å². The first-order valence-corrected chi connectivity index (χ1v) is 10.0. The molecule has 0 fully saturated rings. The number of pyridine rings is 1. The van der Waals surface area contributed by atoms with E-state index in [0.717, 1.165) is 38.5 Å². The predicted molar refractivity (Wildman–Crippen MR) is 115 cm³/mol. The normalized spacial score (nSPS) is 11.2. The Labute approximate surface area is 168 Å². The summed E-state index contributed by atoms with van der Waals surface area (Å²) in [4.78, 5) is 19.1. The molecule has 0 aliphatic heterocycles. The van der Waals surface area contributed by atoms with E-state index in [-0.39, 0.29) is 5.91 Å². The van der Waals surface area contributed by atoms with Crippen LogP contribution < -0.4 is 5.32 Å². The van der Waals surface area contributed by atoms with Gasteiger partial charge in [-0.15, -0.1) is 11.3 Å². The molecule has 6 heteroatoms. The zero-order valence-electron chi connectivity index (χ0n) is 16.6. The topological polar surface area (TPSA) is 59.8 Å². The zero-order chi connectivity index (χ0) is 20.0. The van der Waals surface area contributed by atoms with Crippen molar-refractivity contribution in [1.29, 1.82) is 0 Å². The van der Waals surface area contributed by atoms with Gasteiger partial charge in [-0.2, -0.15) is 5.10 Å². The fraction of sp³-hybridized carbons (Fsp3) is 0.227. The molecule has 0 spiro atoms. The Kier molecular flexibility index (Phi) is 4.51. The molecule has 0 atom stereocenters. The number of thiophene rings is 1. The molecule has 0 aliphatic rings. The Morgan fingerprint density at radius 3 is 2.46 bits per heavy atom. The van der Waals surface area contributed by atoms with E-state index in [9.17, 15) is 4.79 Å². The Bertz CT molecular complexity index is 1180. The zero-order valence-corrected chi connectivity index (χ0v) is 17.4. The molecule has 0 bridgehead atoms. The summed E-state index contributed by atoms with van der Waals surface area (Å²) in [5.41, 5.74) is 7.04. The standard InChI is InChI=1S/C22H22N4OS/c1-12-9-13(2)20(14(3)10-12)24-22(27)16-11-17(18-7-6-8-28-18)23-21-19(16)15(4)25-26(21)5/h6-11H,1-5H3,(H,24,27). The van der Waals surface area contributed by atoms with Crippen molar-refractivity contribution in [2.45, 2.75) is 27.7 Å². The van der Waals surface area contributed by atoms with Crippen LogP contribution in [0.2, 0.25) is 0 Å². The van der Waals surface area contributed by atoms with Crippen LogP contribution in [0.25, 0.3) is 21.6 Å². The molecule has 0 radical (unpaired) electrons. The summed E-state index contributed by atoms with van der Waals surface area (Å²) in [5, 5.41) is 10.4. The quantitative estimate of drug-likeness (QED) is 0.524. The minimum absolute atomic E-state index is 0.142. The van der Waals surface area contributed by atoms with Gasteiger partial charge in [-0.1, -0.05) is 23.8 Å². The third-order valence-corrected chi connectivity index (χ3v) is 5.79. The van der Waals surface area contributed by atoms with E-state index >= 15 is 0 Å². The molecule has 4 aromatic rings. The van der Waals surface area contributed by atoms with E-state index in [2.05, 4.69) is 29.5 Å². The Hall–Kier alpha value is -2.99. The number of aryl methyl sites for hydroxylation is 5. The molecule has 3 heterocycles. The summed E-state index contributed by atoms with van der Waals surface area (Å²) < 4.78 is 1.74. The van der Waals surface area contributed by atoms with Gasteiger partial charge in [-0.05, 0) is 56.3 Å². The average molecular weight is 391 g/mol. The minimum atomic E-state index is -0.142. The van der Waals surface area contributed by atoms with Crippen LogP contribution in [-0.4, -0.2) is 20.7 Å². The van der Waals surface area contributed by atoms with E-state index in [1.807, 2.05) is 51.4 Å². The van der Waals surface area contributed by atoms with Gasteiger partial charge in [0.05, 0.1) is 27.2 Å². The second-order valence-electron chi connectivity index (χ2n) is 7.17. The number of anilines is 1. The van der Waals surface area contributed by atoms with Crippen LogP contribution in [0.1, 0.15) is 32.7 Å². The number of carbonyl (C=O) groups is 1. The van der Waals surface area contributed by atoms with E-state index in [4.69, 9.17) is 4.98 Å². The Morgan fingerprint density at radius 1 is 1.11 bits per heavy atom. The Morgan fingerprint density at radius 2 is 1.82 bits per heavy atom. The molecule has 3 aromatic heterocycles. The molecule has 5 nitrogen and oxygen atoms in total. The lowest BCUT2D eigenvalue weighted by Crippen LogP contribution is -2.15. The van der Waals surface area contributed by atoms with Gasteiger partial charge in [0, 0.05) is 12.7 Å². The second-order valence-corrected chi connectivity index (χ2v) is 8.12. The molecule has 142 valence electrons. The van der Waals surface area contributed by atoms with Gasteiger partial charge in [-0.3, -0.25) is 9.48 Å². The summed E-state index contributed by atoms with van der Waals surface area (Å²) in [6.07, 6.45) is 0. The SMILES string of the molecule is Cc1cc(C)c(NC(=O)c2cc(-c3cccs3)nc3c2c(C)nn3C)c(C)c1. The number of carbonyl (C=O) groups excluding carboxylic acids is 1. The predicted octanol–water partition coefficient (Wildman–Crippen LogP) is 5.18. The summed E-state index contributed by atoms with van der Waals surface area (Å²) in [6, 6.07) is 10.0. The second kappa shape index (κ2) is 6.87. The number of hydrogen-bond donors (Lipinski definition) is 1. The number of nitrogens with one attached hydrogen (secondary N) is 1. The summed E-state index contributed by atoms with van der Waals surface area (Å²) in [6.45, 7) is 8.01. The molecule has 0 aliphatic carbocycles. The van der Waals surface area contributed by atoms with Crippen LogP contribution in [0, 0.1) is 27.7 Å². The maximum Gasteiger partial charge on any atom is 0.256 e. The highest BCUT2D eigenvalue weighted by atomic mass is 32.1. The highest BCUT2D eigenvalue weighted by Gasteiger charge is 2.20. The number of benzene rings is 1. The first-order chi connectivity index (χ1) is 13.3. The number of nitrogens with zero attached hydrogens (tertiary/aromatic N) is 3. The summed E-state index contributed by atoms with van der Waals surface area (Å²) in [5.74, 6) is -0.142. The van der Waals surface area contributed by atoms with Crippen molar-refractivity contribution in [1.82, 2.24) is 14.8 Å². The molecule has 1 aromatic carbocycles. The van der Waals surface area contributed by atoms with Gasteiger partial charge in [0.2, 0.25) is 0 Å². The van der Waals surface area contributed by atoms with Crippen molar-refractivity contribution in [3.8, 4) is 10.6 Å². The maximum absolute atomic E-state index is 13.3. The summed E-state index contributed by atoms with van der Waals surface area (Å²) in [7, 11) is 1.86. The van der Waals surface area contributed by atoms with E-state index in [1.54, 1.807) is 16.0 Å². The average Bonchev–Trinajstić information content (AvgIpc) is 3.26. The van der Waals surface area contributed by atoms with Crippen LogP contribution in [-0.2, 0) is 7.05 Å². The highest BCUT2D eigenvalue weighted by Crippen LogP contribution is 2.30. The molecule has 1 N–H and O–H groups in total. The van der Waals surface area contributed by atoms with Crippen molar-refractivity contribution in [2.24, 2.45) is 7.05 Å². The number of fused-ring (bicyclic) bond motifs is 1. The lowest BCUT2D eigenvalue weighted by atomic mass is 10.0. The molecule has 0 saturated carbocycles. The van der Waals surface area contributed by atoms with Gasteiger partial charge in [0.25, 0.3) is 5.91 Å². The van der Waals surface area contributed by atoms with Crippen LogP contribution in [0.3, 0.4) is 0 Å². The van der Waals surface area contributed by atoms with Crippen LogP contribution in [0.4, 0.5) is 5.69 Å². The molecular weight excluding hydrogens is 368 g/mol. The first-order valence-electron chi connectivity index (χ1n) is 9.12. The molecule has 0 saturated heterocycles. The van der Waals surface area contributed by atoms with Gasteiger partial charge >= 0.3 is 0 Å². The molecule has 4 rings (SSSR count). The smallest absolute Gasteiger partial charge is 0.256 e. The van der Waals surface area contributed by atoms with E-state index < -0.39 is 0 Å². The Balaban J connectivity index is 1.87. The van der Waals surface area contributed by atoms with Crippen LogP contribution in [0.15, 0.2) is 35.7 Å². The van der Waals surface area contributed by atoms with Crippen LogP contribution >= 0.6 is 11.3 Å². The molecule has 0 unspecified atom stereocenters. The largest absolute Gasteiger partial charge is 0.321 e. The summed E-state index contributed by atoms with van der Waals surface area (Å²) >= 11 is 1.60. The van der Waals surface area contributed by atoms with E-state index in [0.29, 0.717) is 11.2 Å². The lowest BCUT2D eigenvalue weighted by Gasteiger charge is -2.14. The molecule has 28 heavy (non-hydrogen) atoms. The van der Waals surface area contributed by atoms with Crippen molar-refractivity contribution in [3.05, 3.63) is 63.7 Å². The monoisotopic (exact) mass is 390 g/mol. The first kappa shape index (κ1) is 18.4. The number of hydrogen-bond acceptors (Lipinski definition) is 4. The number of rotatable bonds is 3. The lowest BCUT2D eigenvalue weighted by molar-refractivity contribution is 0.102. The highest BCUT2D eigenvalue weighted by molar-refractivity contribution is 7.13.